The van der Waals surface area contributed by atoms with Gasteiger partial charge in [-0.05, 0) is 43.7 Å². The maximum atomic E-state index is 11.5. The number of carbonyl (C=O) groups is 1. The van der Waals surface area contributed by atoms with Gasteiger partial charge in [-0.1, -0.05) is 18.7 Å². The summed E-state index contributed by atoms with van der Waals surface area (Å²) in [6, 6.07) is 16.5. The van der Waals surface area contributed by atoms with Gasteiger partial charge in [0.1, 0.15) is 29.5 Å². The first-order valence-corrected chi connectivity index (χ1v) is 12.2. The minimum absolute atomic E-state index is 0.0339. The van der Waals surface area contributed by atoms with Gasteiger partial charge < -0.3 is 19.5 Å². The molecule has 0 spiro atoms. The van der Waals surface area contributed by atoms with Crippen molar-refractivity contribution in [3.8, 4) is 11.5 Å². The van der Waals surface area contributed by atoms with Crippen LogP contribution in [0, 0.1) is 10.1 Å². The summed E-state index contributed by atoms with van der Waals surface area (Å²) < 4.78 is 16.0. The molecule has 1 atom stereocenters. The third-order valence-corrected chi connectivity index (χ3v) is 5.61. The van der Waals surface area contributed by atoms with Crippen molar-refractivity contribution in [1.82, 2.24) is 5.32 Å². The normalized spacial score (nSPS) is 11.9. The minimum Gasteiger partial charge on any atom is -0.494 e. The molecular weight excluding hydrogens is 516 g/mol. The summed E-state index contributed by atoms with van der Waals surface area (Å²) in [5, 5.41) is 31.1. The lowest BCUT2D eigenvalue weighted by atomic mass is 10.1. The number of non-ortho nitro benzene ring substituents is 1. The van der Waals surface area contributed by atoms with E-state index in [1.165, 1.54) is 38.5 Å². The highest BCUT2D eigenvalue weighted by atomic mass is 16.6. The van der Waals surface area contributed by atoms with Gasteiger partial charge in [0.15, 0.2) is 0 Å². The van der Waals surface area contributed by atoms with Gasteiger partial charge in [-0.2, -0.15) is 10.2 Å². The van der Waals surface area contributed by atoms with Gasteiger partial charge in [0.05, 0.1) is 30.5 Å². The van der Waals surface area contributed by atoms with E-state index >= 15 is 0 Å². The maximum Gasteiger partial charge on any atom is 0.333 e. The Morgan fingerprint density at radius 2 is 1.43 bits per heavy atom. The van der Waals surface area contributed by atoms with Crippen LogP contribution in [-0.4, -0.2) is 38.3 Å². The van der Waals surface area contributed by atoms with Crippen molar-refractivity contribution in [2.24, 2.45) is 20.5 Å². The molecule has 0 aliphatic heterocycles. The molecule has 0 fully saturated rings. The Morgan fingerprint density at radius 3 is 1.88 bits per heavy atom. The van der Waals surface area contributed by atoms with Crippen LogP contribution in [0.3, 0.4) is 0 Å². The van der Waals surface area contributed by atoms with E-state index in [0.29, 0.717) is 46.4 Å². The smallest absolute Gasteiger partial charge is 0.333 e. The molecule has 3 aromatic rings. The quantitative estimate of drug-likeness (QED) is 0.0594. The number of ether oxygens (including phenoxy) is 3. The number of nitro groups is 1. The topological polar surface area (TPSA) is 149 Å². The minimum atomic E-state index is -0.483. The van der Waals surface area contributed by atoms with Gasteiger partial charge in [-0.25, -0.2) is 4.79 Å². The standard InChI is InChI=1S/C28H30N6O6/c1-18(2)28(35)40-15-14-29-19(3)20-6-8-21(9-7-20)30-32-24-16-27(39-5)25(17-26(24)38-4)33-31-22-10-12-23(13-11-22)34(36)37/h6-13,16-17,19,29H,1,14-15H2,2-5H3. The first kappa shape index (κ1) is 29.6. The SMILES string of the molecule is C=C(C)C(=O)OCCNC(C)c1ccc(N=Nc2cc(OC)c(N=Nc3ccc([N+](=O)[O-])cc3)cc2OC)cc1. The van der Waals surface area contributed by atoms with Crippen LogP contribution in [0.25, 0.3) is 0 Å². The van der Waals surface area contributed by atoms with Gasteiger partial charge in [-0.15, -0.1) is 10.2 Å². The molecule has 1 N–H and O–H groups in total. The average Bonchev–Trinajstić information content (AvgIpc) is 2.97. The summed E-state index contributed by atoms with van der Waals surface area (Å²) in [6.45, 7) is 7.94. The van der Waals surface area contributed by atoms with Crippen LogP contribution < -0.4 is 14.8 Å². The second-order valence-corrected chi connectivity index (χ2v) is 8.55. The molecule has 0 saturated heterocycles. The van der Waals surface area contributed by atoms with E-state index in [-0.39, 0.29) is 18.3 Å². The fourth-order valence-corrected chi connectivity index (χ4v) is 3.38. The van der Waals surface area contributed by atoms with Crippen molar-refractivity contribution < 1.29 is 23.9 Å². The highest BCUT2D eigenvalue weighted by Gasteiger charge is 2.12. The number of carbonyl (C=O) groups excluding carboxylic acids is 1. The fourth-order valence-electron chi connectivity index (χ4n) is 3.38. The summed E-state index contributed by atoms with van der Waals surface area (Å²) in [5.74, 6) is 0.397. The van der Waals surface area contributed by atoms with Crippen LogP contribution in [0.5, 0.6) is 11.5 Å². The zero-order valence-electron chi connectivity index (χ0n) is 22.7. The van der Waals surface area contributed by atoms with Crippen molar-refractivity contribution in [2.75, 3.05) is 27.4 Å². The molecule has 3 rings (SSSR count). The maximum absolute atomic E-state index is 11.5. The molecule has 0 aromatic heterocycles. The third kappa shape index (κ3) is 8.27. The zero-order valence-corrected chi connectivity index (χ0v) is 22.7. The van der Waals surface area contributed by atoms with Crippen LogP contribution in [0.4, 0.5) is 28.4 Å². The number of nitrogens with one attached hydrogen (secondary N) is 1. The van der Waals surface area contributed by atoms with E-state index in [4.69, 9.17) is 14.2 Å². The van der Waals surface area contributed by atoms with Gasteiger partial charge in [0.25, 0.3) is 5.69 Å². The second-order valence-electron chi connectivity index (χ2n) is 8.55. The Bertz CT molecular complexity index is 1400. The largest absolute Gasteiger partial charge is 0.494 e. The molecule has 0 aliphatic carbocycles. The zero-order chi connectivity index (χ0) is 29.1. The van der Waals surface area contributed by atoms with Crippen molar-refractivity contribution in [3.63, 3.8) is 0 Å². The third-order valence-electron chi connectivity index (χ3n) is 5.61. The molecule has 0 bridgehead atoms. The number of hydrogen-bond donors (Lipinski definition) is 1. The number of nitrogens with zero attached hydrogens (tertiary/aromatic N) is 5. The number of benzene rings is 3. The Morgan fingerprint density at radius 1 is 0.925 bits per heavy atom. The molecule has 12 heteroatoms. The van der Waals surface area contributed by atoms with E-state index in [1.807, 2.05) is 31.2 Å². The summed E-state index contributed by atoms with van der Waals surface area (Å²) in [7, 11) is 2.99. The Hall–Kier alpha value is -4.97. The van der Waals surface area contributed by atoms with Crippen molar-refractivity contribution in [1.29, 1.82) is 0 Å². The molecular formula is C28H30N6O6. The molecule has 12 nitrogen and oxygen atoms in total. The van der Waals surface area contributed by atoms with Gasteiger partial charge >= 0.3 is 5.97 Å². The predicted molar refractivity (Wildman–Crippen MR) is 150 cm³/mol. The highest BCUT2D eigenvalue weighted by Crippen LogP contribution is 2.41. The Labute approximate surface area is 231 Å². The summed E-state index contributed by atoms with van der Waals surface area (Å²) in [6.07, 6.45) is 0. The number of rotatable bonds is 13. The van der Waals surface area contributed by atoms with Crippen LogP contribution >= 0.6 is 0 Å². The van der Waals surface area contributed by atoms with Gasteiger partial charge in [0, 0.05) is 42.4 Å². The molecule has 208 valence electrons. The second kappa shape index (κ2) is 14.3. The number of nitro benzene ring substituents is 1. The summed E-state index contributed by atoms with van der Waals surface area (Å²) in [5.41, 5.74) is 3.26. The van der Waals surface area contributed by atoms with Crippen molar-refractivity contribution >= 4 is 34.4 Å². The van der Waals surface area contributed by atoms with Crippen molar-refractivity contribution in [2.45, 2.75) is 19.9 Å². The number of azo groups is 2. The fraction of sp³-hybridized carbons (Fsp3) is 0.250. The first-order valence-electron chi connectivity index (χ1n) is 12.2. The molecule has 3 aromatic carbocycles. The number of methoxy groups -OCH3 is 2. The van der Waals surface area contributed by atoms with Crippen LogP contribution in [0.15, 0.2) is 93.3 Å². The first-order chi connectivity index (χ1) is 19.2. The average molecular weight is 547 g/mol. The lowest BCUT2D eigenvalue weighted by Gasteiger charge is -2.14. The lowest BCUT2D eigenvalue weighted by molar-refractivity contribution is -0.384. The van der Waals surface area contributed by atoms with E-state index in [9.17, 15) is 14.9 Å². The van der Waals surface area contributed by atoms with Crippen LogP contribution in [0.1, 0.15) is 25.5 Å². The number of hydrogen-bond acceptors (Lipinski definition) is 11. The van der Waals surface area contributed by atoms with Gasteiger partial charge in [0.2, 0.25) is 0 Å². The molecule has 1 unspecified atom stereocenters. The molecule has 40 heavy (non-hydrogen) atoms. The van der Waals surface area contributed by atoms with Crippen LogP contribution in [-0.2, 0) is 9.53 Å². The lowest BCUT2D eigenvalue weighted by Crippen LogP contribution is -2.24. The highest BCUT2D eigenvalue weighted by molar-refractivity contribution is 5.86. The monoisotopic (exact) mass is 546 g/mol. The van der Waals surface area contributed by atoms with E-state index in [2.05, 4.69) is 32.4 Å². The summed E-state index contributed by atoms with van der Waals surface area (Å²) >= 11 is 0. The Balaban J connectivity index is 1.67. The van der Waals surface area contributed by atoms with Crippen molar-refractivity contribution in [3.05, 3.63) is 88.5 Å². The van der Waals surface area contributed by atoms with Crippen LogP contribution in [0.2, 0.25) is 0 Å². The predicted octanol–water partition coefficient (Wildman–Crippen LogP) is 7.21. The molecule has 0 saturated carbocycles. The van der Waals surface area contributed by atoms with Gasteiger partial charge in [-0.3, -0.25) is 10.1 Å². The van der Waals surface area contributed by atoms with E-state index in [0.717, 1.165) is 5.56 Å². The molecule has 0 radical (unpaired) electrons. The molecule has 0 aliphatic rings. The summed E-state index contributed by atoms with van der Waals surface area (Å²) in [4.78, 5) is 21.8. The molecule has 0 heterocycles. The number of esters is 1. The molecule has 0 amide bonds. The van der Waals surface area contributed by atoms with E-state index in [1.54, 1.807) is 19.1 Å². The Kier molecular flexibility index (Phi) is 10.5. The van der Waals surface area contributed by atoms with E-state index < -0.39 is 10.9 Å².